The Morgan fingerprint density at radius 3 is 2.81 bits per heavy atom. The van der Waals surface area contributed by atoms with E-state index >= 15 is 0 Å². The molecule has 0 bridgehead atoms. The number of anilines is 1. The van der Waals surface area contributed by atoms with Crippen molar-refractivity contribution in [2.75, 3.05) is 18.4 Å². The van der Waals surface area contributed by atoms with E-state index in [2.05, 4.69) is 20.6 Å². The van der Waals surface area contributed by atoms with Gasteiger partial charge in [0.25, 0.3) is 11.5 Å². The van der Waals surface area contributed by atoms with Gasteiger partial charge in [-0.2, -0.15) is 0 Å². The topological polar surface area (TPSA) is 102 Å². The number of nitrogens with one attached hydrogen (secondary N) is 2. The first kappa shape index (κ1) is 18.2. The molecule has 0 saturated heterocycles. The van der Waals surface area contributed by atoms with E-state index in [0.717, 1.165) is 0 Å². The molecule has 2 N–H and O–H groups in total. The van der Waals surface area contributed by atoms with Gasteiger partial charge in [0, 0.05) is 26.3 Å². The molecule has 0 saturated carbocycles. The Labute approximate surface area is 158 Å². The van der Waals surface area contributed by atoms with Crippen LogP contribution in [0, 0.1) is 6.92 Å². The van der Waals surface area contributed by atoms with Crippen molar-refractivity contribution < 1.29 is 9.21 Å². The van der Waals surface area contributed by atoms with Crippen molar-refractivity contribution in [3.05, 3.63) is 50.3 Å². The minimum Gasteiger partial charge on any atom is -0.442 e. The molecule has 0 aliphatic heterocycles. The number of halogens is 2. The van der Waals surface area contributed by atoms with Gasteiger partial charge in [-0.1, -0.05) is 23.2 Å². The van der Waals surface area contributed by atoms with E-state index in [-0.39, 0.29) is 28.8 Å². The summed E-state index contributed by atoms with van der Waals surface area (Å²) < 4.78 is 6.71. The van der Waals surface area contributed by atoms with E-state index in [9.17, 15) is 9.59 Å². The molecule has 3 aromatic rings. The standard InChI is InChI=1S/C16H15Cl2N5O3/c1-8-11(12-15(26-8)22-7-23(2)16(12)25)14(24)20-4-3-19-13-10(18)5-9(17)6-21-13/h5-7H,3-4H2,1-2H3,(H,19,21)(H,20,24). The average molecular weight is 396 g/mol. The lowest BCUT2D eigenvalue weighted by Crippen LogP contribution is -2.30. The lowest BCUT2D eigenvalue weighted by Gasteiger charge is -2.08. The molecule has 0 aromatic carbocycles. The van der Waals surface area contributed by atoms with Gasteiger partial charge in [-0.05, 0) is 13.0 Å². The van der Waals surface area contributed by atoms with Crippen molar-refractivity contribution in [3.63, 3.8) is 0 Å². The summed E-state index contributed by atoms with van der Waals surface area (Å²) in [5, 5.41) is 6.71. The highest BCUT2D eigenvalue weighted by Crippen LogP contribution is 2.22. The Bertz CT molecular complexity index is 1040. The van der Waals surface area contributed by atoms with E-state index in [1.807, 2.05) is 0 Å². The molecule has 3 rings (SSSR count). The summed E-state index contributed by atoms with van der Waals surface area (Å²) in [5.41, 5.74) is -0.00496. The molecule has 0 atom stereocenters. The van der Waals surface area contributed by atoms with Gasteiger partial charge in [-0.25, -0.2) is 9.97 Å². The number of hydrogen-bond acceptors (Lipinski definition) is 6. The Balaban J connectivity index is 1.69. The number of aromatic nitrogens is 3. The van der Waals surface area contributed by atoms with E-state index in [1.54, 1.807) is 20.0 Å². The van der Waals surface area contributed by atoms with Crippen LogP contribution in [0.15, 0.2) is 27.8 Å². The number of hydrogen-bond donors (Lipinski definition) is 2. The van der Waals surface area contributed by atoms with Crippen LogP contribution in [-0.2, 0) is 7.05 Å². The number of fused-ring (bicyclic) bond motifs is 1. The van der Waals surface area contributed by atoms with Gasteiger partial charge < -0.3 is 19.6 Å². The van der Waals surface area contributed by atoms with Crippen molar-refractivity contribution in [3.8, 4) is 0 Å². The first-order valence-corrected chi connectivity index (χ1v) is 8.42. The molecule has 0 unspecified atom stereocenters. The lowest BCUT2D eigenvalue weighted by atomic mass is 10.2. The summed E-state index contributed by atoms with van der Waals surface area (Å²) in [4.78, 5) is 32.9. The highest BCUT2D eigenvalue weighted by molar-refractivity contribution is 6.35. The van der Waals surface area contributed by atoms with Crippen LogP contribution in [-0.4, -0.2) is 33.5 Å². The summed E-state index contributed by atoms with van der Waals surface area (Å²) in [6.45, 7) is 2.28. The van der Waals surface area contributed by atoms with Crippen molar-refractivity contribution in [2.24, 2.45) is 7.05 Å². The fraction of sp³-hybridized carbons (Fsp3) is 0.250. The van der Waals surface area contributed by atoms with Crippen LogP contribution >= 0.6 is 23.2 Å². The molecule has 8 nitrogen and oxygen atoms in total. The quantitative estimate of drug-likeness (QED) is 0.642. The second-order valence-corrected chi connectivity index (χ2v) is 6.38. The first-order valence-electron chi connectivity index (χ1n) is 7.66. The van der Waals surface area contributed by atoms with Gasteiger partial charge >= 0.3 is 0 Å². The zero-order valence-electron chi connectivity index (χ0n) is 14.0. The minimum atomic E-state index is -0.414. The van der Waals surface area contributed by atoms with E-state index in [0.29, 0.717) is 28.2 Å². The zero-order chi connectivity index (χ0) is 18.8. The van der Waals surface area contributed by atoms with Crippen molar-refractivity contribution in [2.45, 2.75) is 6.92 Å². The maximum absolute atomic E-state index is 12.5. The SMILES string of the molecule is Cc1oc2ncn(C)c(=O)c2c1C(=O)NCCNc1ncc(Cl)cc1Cl. The zero-order valence-corrected chi connectivity index (χ0v) is 15.5. The molecule has 10 heteroatoms. The predicted molar refractivity (Wildman–Crippen MR) is 99.1 cm³/mol. The Morgan fingerprint density at radius 1 is 1.31 bits per heavy atom. The van der Waals surface area contributed by atoms with Crippen LogP contribution in [0.5, 0.6) is 0 Å². The van der Waals surface area contributed by atoms with Gasteiger partial charge in [0.2, 0.25) is 5.71 Å². The number of furan rings is 1. The van der Waals surface area contributed by atoms with E-state index in [4.69, 9.17) is 27.6 Å². The smallest absolute Gasteiger partial charge is 0.265 e. The largest absolute Gasteiger partial charge is 0.442 e. The summed E-state index contributed by atoms with van der Waals surface area (Å²) in [7, 11) is 1.56. The number of carbonyl (C=O) groups is 1. The molecule has 136 valence electrons. The number of nitrogens with zero attached hydrogens (tertiary/aromatic N) is 3. The fourth-order valence-electron chi connectivity index (χ4n) is 2.45. The number of amides is 1. The van der Waals surface area contributed by atoms with Gasteiger partial charge in [0.15, 0.2) is 0 Å². The molecular formula is C16H15Cl2N5O3. The Morgan fingerprint density at radius 2 is 2.08 bits per heavy atom. The van der Waals surface area contributed by atoms with E-state index < -0.39 is 5.91 Å². The molecule has 0 radical (unpaired) electrons. The van der Waals surface area contributed by atoms with Crippen LogP contribution in [0.2, 0.25) is 10.0 Å². The third kappa shape index (κ3) is 3.51. The molecular weight excluding hydrogens is 381 g/mol. The summed E-state index contributed by atoms with van der Waals surface area (Å²) in [5.74, 6) is 0.389. The highest BCUT2D eigenvalue weighted by atomic mass is 35.5. The van der Waals surface area contributed by atoms with Crippen LogP contribution in [0.1, 0.15) is 16.1 Å². The van der Waals surface area contributed by atoms with Gasteiger partial charge in [0.1, 0.15) is 23.3 Å². The van der Waals surface area contributed by atoms with Crippen LogP contribution in [0.3, 0.4) is 0 Å². The Kier molecular flexibility index (Phi) is 5.15. The molecule has 0 fully saturated rings. The van der Waals surface area contributed by atoms with Gasteiger partial charge in [-0.3, -0.25) is 9.59 Å². The summed E-state index contributed by atoms with van der Waals surface area (Å²) in [6.07, 6.45) is 2.82. The van der Waals surface area contributed by atoms with Crippen LogP contribution in [0.4, 0.5) is 5.82 Å². The fourth-order valence-corrected chi connectivity index (χ4v) is 2.90. The van der Waals surface area contributed by atoms with Crippen molar-refractivity contribution in [1.29, 1.82) is 0 Å². The van der Waals surface area contributed by atoms with Crippen LogP contribution < -0.4 is 16.2 Å². The minimum absolute atomic E-state index is 0.144. The van der Waals surface area contributed by atoms with E-state index in [1.165, 1.54) is 17.1 Å². The predicted octanol–water partition coefficient (Wildman–Crippen LogP) is 2.38. The maximum atomic E-state index is 12.5. The molecule has 0 aliphatic carbocycles. The second kappa shape index (κ2) is 7.35. The normalized spacial score (nSPS) is 10.9. The second-order valence-electron chi connectivity index (χ2n) is 5.54. The van der Waals surface area contributed by atoms with Crippen LogP contribution in [0.25, 0.3) is 11.1 Å². The monoisotopic (exact) mass is 395 g/mol. The third-order valence-corrected chi connectivity index (χ3v) is 4.18. The van der Waals surface area contributed by atoms with Gasteiger partial charge in [-0.15, -0.1) is 0 Å². The number of aryl methyl sites for hydroxylation is 2. The van der Waals surface area contributed by atoms with Crippen molar-refractivity contribution in [1.82, 2.24) is 19.9 Å². The molecule has 3 aromatic heterocycles. The Hall–Kier alpha value is -2.58. The lowest BCUT2D eigenvalue weighted by molar-refractivity contribution is 0.0955. The average Bonchev–Trinajstić information content (AvgIpc) is 2.93. The number of pyridine rings is 1. The van der Waals surface area contributed by atoms with Crippen molar-refractivity contribution >= 4 is 46.0 Å². The molecule has 0 aliphatic rings. The first-order chi connectivity index (χ1) is 12.4. The third-order valence-electron chi connectivity index (χ3n) is 3.69. The molecule has 0 spiro atoms. The molecule has 3 heterocycles. The highest BCUT2D eigenvalue weighted by Gasteiger charge is 2.22. The number of carbonyl (C=O) groups excluding carboxylic acids is 1. The van der Waals surface area contributed by atoms with Gasteiger partial charge in [0.05, 0.1) is 15.6 Å². The summed E-state index contributed by atoms with van der Waals surface area (Å²) >= 11 is 11.8. The summed E-state index contributed by atoms with van der Waals surface area (Å²) in [6, 6.07) is 1.57. The maximum Gasteiger partial charge on any atom is 0.265 e. The number of rotatable bonds is 5. The molecule has 1 amide bonds. The molecule has 26 heavy (non-hydrogen) atoms.